The Bertz CT molecular complexity index is 927. The summed E-state index contributed by atoms with van der Waals surface area (Å²) in [6.07, 6.45) is 0.718. The number of benzene rings is 2. The summed E-state index contributed by atoms with van der Waals surface area (Å²) in [5.41, 5.74) is 10.1. The molecule has 2 rings (SSSR count). The Balaban J connectivity index is 2.46. The molecule has 1 atom stereocenters. The number of carbonyl (C=O) groups excluding carboxylic acids is 2. The molecule has 0 radical (unpaired) electrons. The Kier molecular flexibility index (Phi) is 8.16. The molecule has 2 aromatic rings. The number of hydrogen-bond acceptors (Lipinski definition) is 4. The minimum Gasteiger partial charge on any atom is -0.508 e. The van der Waals surface area contributed by atoms with Crippen LogP contribution in [0.25, 0.3) is 10.4 Å². The SMILES string of the molecule is CC(C)N(CCC(c1ccccc1)c1cc(C(=O)C(=O)N=[N+]=[N-])ccc1O)C(C)C. The van der Waals surface area contributed by atoms with Crippen molar-refractivity contribution in [2.45, 2.75) is 52.1 Å². The lowest BCUT2D eigenvalue weighted by atomic mass is 9.86. The summed E-state index contributed by atoms with van der Waals surface area (Å²) in [7, 11) is 0. The average Bonchev–Trinajstić information content (AvgIpc) is 2.71. The van der Waals surface area contributed by atoms with E-state index in [1.807, 2.05) is 30.3 Å². The zero-order valence-electron chi connectivity index (χ0n) is 17.8. The maximum atomic E-state index is 12.3. The Labute approximate surface area is 177 Å². The van der Waals surface area contributed by atoms with E-state index in [1.54, 1.807) is 0 Å². The molecule has 0 fully saturated rings. The quantitative estimate of drug-likeness (QED) is 0.206. The maximum absolute atomic E-state index is 12.3. The highest BCUT2D eigenvalue weighted by Crippen LogP contribution is 2.35. The highest BCUT2D eigenvalue weighted by atomic mass is 16.3. The fourth-order valence-electron chi connectivity index (χ4n) is 3.76. The predicted octanol–water partition coefficient (Wildman–Crippen LogP) is 5.05. The van der Waals surface area contributed by atoms with Crippen molar-refractivity contribution in [3.8, 4) is 5.75 Å². The third-order valence-corrected chi connectivity index (χ3v) is 5.20. The minimum atomic E-state index is -1.17. The normalized spacial score (nSPS) is 12.1. The largest absolute Gasteiger partial charge is 0.508 e. The molecule has 0 saturated heterocycles. The van der Waals surface area contributed by atoms with Crippen molar-refractivity contribution < 1.29 is 14.7 Å². The Morgan fingerprint density at radius 2 is 1.70 bits per heavy atom. The van der Waals surface area contributed by atoms with Gasteiger partial charge in [0.15, 0.2) is 0 Å². The summed E-state index contributed by atoms with van der Waals surface area (Å²) in [6.45, 7) is 9.39. The average molecular weight is 409 g/mol. The van der Waals surface area contributed by atoms with E-state index in [9.17, 15) is 14.7 Å². The second-order valence-electron chi connectivity index (χ2n) is 7.77. The van der Waals surface area contributed by atoms with E-state index in [4.69, 9.17) is 5.53 Å². The van der Waals surface area contributed by atoms with Gasteiger partial charge in [0, 0.05) is 34.0 Å². The van der Waals surface area contributed by atoms with Gasteiger partial charge in [0.2, 0.25) is 5.78 Å². The van der Waals surface area contributed by atoms with Gasteiger partial charge in [-0.15, -0.1) is 0 Å². The van der Waals surface area contributed by atoms with Gasteiger partial charge in [-0.2, -0.15) is 0 Å². The fraction of sp³-hybridized carbons (Fsp3) is 0.391. The van der Waals surface area contributed by atoms with Crippen LogP contribution in [-0.4, -0.2) is 40.3 Å². The molecule has 7 nitrogen and oxygen atoms in total. The third kappa shape index (κ3) is 5.69. The van der Waals surface area contributed by atoms with Crippen molar-refractivity contribution in [2.75, 3.05) is 6.54 Å². The third-order valence-electron chi connectivity index (χ3n) is 5.20. The molecule has 7 heteroatoms. The van der Waals surface area contributed by atoms with Crippen molar-refractivity contribution in [1.82, 2.24) is 4.90 Å². The van der Waals surface area contributed by atoms with Gasteiger partial charge < -0.3 is 5.11 Å². The molecular weight excluding hydrogens is 380 g/mol. The van der Waals surface area contributed by atoms with Crippen LogP contribution in [0.2, 0.25) is 0 Å². The molecule has 0 aliphatic rings. The number of phenols is 1. The number of nitrogens with zero attached hydrogens (tertiary/aromatic N) is 4. The van der Waals surface area contributed by atoms with Crippen LogP contribution in [0.5, 0.6) is 5.75 Å². The van der Waals surface area contributed by atoms with Crippen molar-refractivity contribution >= 4 is 11.7 Å². The maximum Gasteiger partial charge on any atom is 0.289 e. The fourth-order valence-corrected chi connectivity index (χ4v) is 3.76. The molecule has 1 unspecified atom stereocenters. The first-order valence-corrected chi connectivity index (χ1v) is 10.0. The van der Waals surface area contributed by atoms with Crippen LogP contribution < -0.4 is 0 Å². The van der Waals surface area contributed by atoms with E-state index in [2.05, 4.69) is 42.6 Å². The second kappa shape index (κ2) is 10.6. The van der Waals surface area contributed by atoms with Crippen LogP contribution >= 0.6 is 0 Å². The van der Waals surface area contributed by atoms with Crippen LogP contribution in [-0.2, 0) is 4.79 Å². The van der Waals surface area contributed by atoms with Gasteiger partial charge in [-0.1, -0.05) is 30.3 Å². The van der Waals surface area contributed by atoms with E-state index in [0.29, 0.717) is 17.6 Å². The summed E-state index contributed by atoms with van der Waals surface area (Å²) in [4.78, 5) is 28.8. The number of hydrogen-bond donors (Lipinski definition) is 1. The molecule has 1 N–H and O–H groups in total. The lowest BCUT2D eigenvalue weighted by Crippen LogP contribution is -2.38. The van der Waals surface area contributed by atoms with Gasteiger partial charge in [0.05, 0.1) is 0 Å². The number of carbonyl (C=O) groups is 2. The van der Waals surface area contributed by atoms with Crippen LogP contribution in [0.3, 0.4) is 0 Å². The molecule has 158 valence electrons. The highest BCUT2D eigenvalue weighted by Gasteiger charge is 2.23. The number of aromatic hydroxyl groups is 1. The number of phenolic OH excluding ortho intramolecular Hbond substituents is 1. The monoisotopic (exact) mass is 408 g/mol. The standard InChI is InChI=1S/C23H28N4O3/c1-15(2)27(16(3)4)13-12-19(17-8-6-5-7-9-17)20-14-18(10-11-21(20)28)22(29)23(30)25-26-24/h5-11,14-16,19,28H,12-13H2,1-4H3. The Morgan fingerprint density at radius 1 is 1.07 bits per heavy atom. The lowest BCUT2D eigenvalue weighted by molar-refractivity contribution is -0.114. The number of ketones is 1. The summed E-state index contributed by atoms with van der Waals surface area (Å²) >= 11 is 0. The van der Waals surface area contributed by atoms with Gasteiger partial charge in [-0.3, -0.25) is 14.5 Å². The van der Waals surface area contributed by atoms with Crippen LogP contribution in [0, 0.1) is 0 Å². The Hall–Kier alpha value is -3.15. The van der Waals surface area contributed by atoms with Gasteiger partial charge in [-0.25, -0.2) is 0 Å². The lowest BCUT2D eigenvalue weighted by Gasteiger charge is -2.32. The number of azide groups is 1. The number of amides is 1. The number of Topliss-reactive ketones (excluding diaryl/α,β-unsaturated/α-hetero) is 1. The zero-order chi connectivity index (χ0) is 22.3. The van der Waals surface area contributed by atoms with E-state index in [-0.39, 0.29) is 17.2 Å². The first-order valence-electron chi connectivity index (χ1n) is 10.0. The first kappa shape index (κ1) is 23.1. The summed E-state index contributed by atoms with van der Waals surface area (Å²) in [5, 5.41) is 13.5. The van der Waals surface area contributed by atoms with Crippen molar-refractivity contribution in [2.24, 2.45) is 5.11 Å². The molecular formula is C23H28N4O3. The molecule has 0 aromatic heterocycles. The summed E-state index contributed by atoms with van der Waals surface area (Å²) in [6, 6.07) is 14.8. The van der Waals surface area contributed by atoms with Crippen LogP contribution in [0.1, 0.15) is 61.5 Å². The van der Waals surface area contributed by atoms with E-state index in [0.717, 1.165) is 18.5 Å². The van der Waals surface area contributed by atoms with Gasteiger partial charge in [0.1, 0.15) is 5.75 Å². The van der Waals surface area contributed by atoms with Gasteiger partial charge >= 0.3 is 0 Å². The van der Waals surface area contributed by atoms with Crippen molar-refractivity contribution in [3.63, 3.8) is 0 Å². The molecule has 0 aliphatic carbocycles. The molecule has 30 heavy (non-hydrogen) atoms. The van der Waals surface area contributed by atoms with Gasteiger partial charge in [0.25, 0.3) is 5.91 Å². The molecule has 2 aromatic carbocycles. The van der Waals surface area contributed by atoms with E-state index in [1.165, 1.54) is 18.2 Å². The predicted molar refractivity (Wildman–Crippen MR) is 116 cm³/mol. The zero-order valence-corrected chi connectivity index (χ0v) is 17.8. The summed E-state index contributed by atoms with van der Waals surface area (Å²) < 4.78 is 0. The van der Waals surface area contributed by atoms with Gasteiger partial charge in [-0.05, 0) is 75.1 Å². The molecule has 0 spiro atoms. The molecule has 0 bridgehead atoms. The Morgan fingerprint density at radius 3 is 2.27 bits per heavy atom. The molecule has 0 heterocycles. The summed E-state index contributed by atoms with van der Waals surface area (Å²) in [5.74, 6) is -2.19. The van der Waals surface area contributed by atoms with E-state index >= 15 is 0 Å². The van der Waals surface area contributed by atoms with Crippen LogP contribution in [0.15, 0.2) is 53.6 Å². The van der Waals surface area contributed by atoms with E-state index < -0.39 is 11.7 Å². The minimum absolute atomic E-state index is 0.0530. The smallest absolute Gasteiger partial charge is 0.289 e. The first-order chi connectivity index (χ1) is 14.3. The van der Waals surface area contributed by atoms with Crippen LogP contribution in [0.4, 0.5) is 0 Å². The highest BCUT2D eigenvalue weighted by molar-refractivity contribution is 6.43. The molecule has 0 saturated carbocycles. The topological polar surface area (TPSA) is 106 Å². The number of rotatable bonds is 9. The van der Waals surface area contributed by atoms with Crippen molar-refractivity contribution in [3.05, 3.63) is 75.7 Å². The second-order valence-corrected chi connectivity index (χ2v) is 7.77. The molecule has 1 amide bonds. The van der Waals surface area contributed by atoms with Crippen molar-refractivity contribution in [1.29, 1.82) is 0 Å². The molecule has 0 aliphatic heterocycles.